The van der Waals surface area contributed by atoms with E-state index in [-0.39, 0.29) is 18.1 Å². The van der Waals surface area contributed by atoms with E-state index in [0.29, 0.717) is 0 Å². The second-order valence-corrected chi connectivity index (χ2v) is 5.68. The summed E-state index contributed by atoms with van der Waals surface area (Å²) in [5, 5.41) is 12.6. The molecule has 2 heterocycles. The Morgan fingerprint density at radius 2 is 2.50 bits per heavy atom. The quantitative estimate of drug-likeness (QED) is 0.816. The summed E-state index contributed by atoms with van der Waals surface area (Å²) in [6.07, 6.45) is 1.06. The van der Waals surface area contributed by atoms with E-state index in [4.69, 9.17) is 11.6 Å². The third-order valence-electron chi connectivity index (χ3n) is 3.12. The van der Waals surface area contributed by atoms with Crippen LogP contribution in [0.15, 0.2) is 12.1 Å². The predicted octanol–water partition coefficient (Wildman–Crippen LogP) is 2.01. The molecule has 4 heteroatoms. The molecule has 0 amide bonds. The normalized spacial score (nSPS) is 32.4. The van der Waals surface area contributed by atoms with Crippen LogP contribution in [0.25, 0.3) is 0 Å². The Hall–Kier alpha value is -0.0900. The highest BCUT2D eigenvalue weighted by Crippen LogP contribution is 2.39. The van der Waals surface area contributed by atoms with E-state index in [9.17, 15) is 5.11 Å². The highest BCUT2D eigenvalue weighted by atomic mass is 35.5. The Labute approximate surface area is 92.9 Å². The maximum absolute atomic E-state index is 9.28. The van der Waals surface area contributed by atoms with Gasteiger partial charge in [0.1, 0.15) is 0 Å². The van der Waals surface area contributed by atoms with Gasteiger partial charge in [-0.15, -0.1) is 11.3 Å². The Morgan fingerprint density at radius 1 is 1.71 bits per heavy atom. The molecule has 1 aliphatic rings. The first-order valence-electron chi connectivity index (χ1n) is 4.77. The maximum atomic E-state index is 9.28. The zero-order chi connectivity index (χ0) is 10.2. The van der Waals surface area contributed by atoms with E-state index in [2.05, 4.69) is 18.3 Å². The number of hydrogen-bond donors (Lipinski definition) is 2. The van der Waals surface area contributed by atoms with Gasteiger partial charge in [0, 0.05) is 16.3 Å². The number of rotatable bonds is 2. The molecular weight excluding hydrogens is 218 g/mol. The molecule has 1 aliphatic heterocycles. The lowest BCUT2D eigenvalue weighted by Crippen LogP contribution is -2.40. The summed E-state index contributed by atoms with van der Waals surface area (Å²) in [6.45, 7) is 3.35. The van der Waals surface area contributed by atoms with Crippen molar-refractivity contribution >= 4 is 22.9 Å². The fourth-order valence-electron chi connectivity index (χ4n) is 2.09. The van der Waals surface area contributed by atoms with E-state index >= 15 is 0 Å². The van der Waals surface area contributed by atoms with E-state index in [1.807, 2.05) is 6.07 Å². The van der Waals surface area contributed by atoms with Crippen molar-refractivity contribution in [2.45, 2.75) is 24.8 Å². The Balaban J connectivity index is 2.31. The summed E-state index contributed by atoms with van der Waals surface area (Å²) < 4.78 is 0.824. The molecule has 0 radical (unpaired) electrons. The van der Waals surface area contributed by atoms with Crippen LogP contribution in [-0.4, -0.2) is 24.3 Å². The van der Waals surface area contributed by atoms with Gasteiger partial charge >= 0.3 is 0 Å². The number of halogens is 1. The van der Waals surface area contributed by atoms with E-state index in [0.717, 1.165) is 17.3 Å². The fourth-order valence-corrected chi connectivity index (χ4v) is 3.36. The Kier molecular flexibility index (Phi) is 2.84. The Bertz CT molecular complexity index is 328. The maximum Gasteiger partial charge on any atom is 0.0931 e. The molecule has 0 saturated carbocycles. The predicted molar refractivity (Wildman–Crippen MR) is 60.2 cm³/mol. The Morgan fingerprint density at radius 3 is 3.07 bits per heavy atom. The van der Waals surface area contributed by atoms with Crippen molar-refractivity contribution < 1.29 is 5.11 Å². The monoisotopic (exact) mass is 231 g/mol. The summed E-state index contributed by atoms with van der Waals surface area (Å²) in [5.74, 6) is 0. The van der Waals surface area contributed by atoms with Gasteiger partial charge in [-0.25, -0.2) is 0 Å². The molecule has 2 rings (SSSR count). The first-order valence-corrected chi connectivity index (χ1v) is 5.96. The molecule has 1 aromatic rings. The summed E-state index contributed by atoms with van der Waals surface area (Å²) in [4.78, 5) is 1.27. The summed E-state index contributed by atoms with van der Waals surface area (Å²) in [7, 11) is 0. The van der Waals surface area contributed by atoms with E-state index in [1.165, 1.54) is 4.88 Å². The summed E-state index contributed by atoms with van der Waals surface area (Å²) in [5.41, 5.74) is 0.0482. The largest absolute Gasteiger partial charge is 0.395 e. The lowest BCUT2D eigenvalue weighted by Gasteiger charge is -2.28. The van der Waals surface area contributed by atoms with Crippen molar-refractivity contribution in [3.8, 4) is 0 Å². The van der Waals surface area contributed by atoms with Gasteiger partial charge in [-0.3, -0.25) is 0 Å². The average Bonchev–Trinajstić information content (AvgIpc) is 2.72. The molecule has 0 aliphatic carbocycles. The number of nitrogens with one attached hydrogen (secondary N) is 1. The standard InChI is InChI=1S/C10H14ClNOS/c1-10(4-5-12-7(10)6-13)8-2-3-9(11)14-8/h2-3,7,12-13H,4-6H2,1H3. The van der Waals surface area contributed by atoms with Crippen LogP contribution in [-0.2, 0) is 5.41 Å². The third kappa shape index (κ3) is 1.58. The van der Waals surface area contributed by atoms with Gasteiger partial charge in [0.25, 0.3) is 0 Å². The fraction of sp³-hybridized carbons (Fsp3) is 0.600. The molecule has 2 nitrogen and oxygen atoms in total. The second-order valence-electron chi connectivity index (χ2n) is 3.96. The smallest absolute Gasteiger partial charge is 0.0931 e. The molecule has 1 fully saturated rings. The second kappa shape index (κ2) is 3.81. The molecule has 2 atom stereocenters. The van der Waals surface area contributed by atoms with Crippen LogP contribution in [0.1, 0.15) is 18.2 Å². The molecule has 1 saturated heterocycles. The van der Waals surface area contributed by atoms with Crippen molar-refractivity contribution in [3.05, 3.63) is 21.3 Å². The van der Waals surface area contributed by atoms with Crippen LogP contribution < -0.4 is 5.32 Å². The van der Waals surface area contributed by atoms with E-state index < -0.39 is 0 Å². The van der Waals surface area contributed by atoms with Crippen molar-refractivity contribution in [2.24, 2.45) is 0 Å². The van der Waals surface area contributed by atoms with Crippen LogP contribution in [0.3, 0.4) is 0 Å². The van der Waals surface area contributed by atoms with Gasteiger partial charge < -0.3 is 10.4 Å². The summed E-state index contributed by atoms with van der Waals surface area (Å²) >= 11 is 7.54. The zero-order valence-corrected chi connectivity index (χ0v) is 9.66. The molecule has 14 heavy (non-hydrogen) atoms. The minimum absolute atomic E-state index is 0.0482. The SMILES string of the molecule is CC1(c2ccc(Cl)s2)CCNC1CO. The molecule has 0 spiro atoms. The number of hydrogen-bond acceptors (Lipinski definition) is 3. The molecule has 1 aromatic heterocycles. The van der Waals surface area contributed by atoms with Crippen LogP contribution in [0.5, 0.6) is 0 Å². The summed E-state index contributed by atoms with van der Waals surface area (Å²) in [6, 6.07) is 4.17. The van der Waals surface area contributed by atoms with Gasteiger partial charge in [-0.1, -0.05) is 18.5 Å². The highest BCUT2D eigenvalue weighted by molar-refractivity contribution is 7.16. The molecule has 0 aromatic carbocycles. The van der Waals surface area contributed by atoms with Crippen LogP contribution in [0, 0.1) is 0 Å². The average molecular weight is 232 g/mol. The lowest BCUT2D eigenvalue weighted by molar-refractivity contribution is 0.217. The number of thiophene rings is 1. The lowest BCUT2D eigenvalue weighted by atomic mass is 9.81. The van der Waals surface area contributed by atoms with Crippen LogP contribution in [0.2, 0.25) is 4.34 Å². The topological polar surface area (TPSA) is 32.3 Å². The molecule has 2 N–H and O–H groups in total. The third-order valence-corrected chi connectivity index (χ3v) is 4.63. The van der Waals surface area contributed by atoms with Crippen molar-refractivity contribution in [1.82, 2.24) is 5.32 Å². The van der Waals surface area contributed by atoms with Crippen LogP contribution >= 0.6 is 22.9 Å². The molecule has 2 unspecified atom stereocenters. The number of aliphatic hydroxyl groups excluding tert-OH is 1. The molecule has 78 valence electrons. The van der Waals surface area contributed by atoms with Gasteiger partial charge in [-0.05, 0) is 25.1 Å². The first-order chi connectivity index (χ1) is 6.66. The van der Waals surface area contributed by atoms with Gasteiger partial charge in [0.15, 0.2) is 0 Å². The van der Waals surface area contributed by atoms with Gasteiger partial charge in [0.05, 0.1) is 10.9 Å². The van der Waals surface area contributed by atoms with Gasteiger partial charge in [0.2, 0.25) is 0 Å². The van der Waals surface area contributed by atoms with Crippen molar-refractivity contribution in [2.75, 3.05) is 13.2 Å². The van der Waals surface area contributed by atoms with Crippen LogP contribution in [0.4, 0.5) is 0 Å². The molecule has 0 bridgehead atoms. The highest BCUT2D eigenvalue weighted by Gasteiger charge is 2.40. The number of aliphatic hydroxyl groups is 1. The van der Waals surface area contributed by atoms with E-state index in [1.54, 1.807) is 11.3 Å². The van der Waals surface area contributed by atoms with Crippen molar-refractivity contribution in [1.29, 1.82) is 0 Å². The van der Waals surface area contributed by atoms with Crippen molar-refractivity contribution in [3.63, 3.8) is 0 Å². The van der Waals surface area contributed by atoms with Gasteiger partial charge in [-0.2, -0.15) is 0 Å². The molecular formula is C10H14ClNOS. The zero-order valence-electron chi connectivity index (χ0n) is 8.09. The minimum atomic E-state index is 0.0482. The first kappa shape index (κ1) is 10.4. The minimum Gasteiger partial charge on any atom is -0.395 e.